The zero-order valence-electron chi connectivity index (χ0n) is 13.4. The molecule has 3 aromatic rings. The molecule has 0 amide bonds. The lowest BCUT2D eigenvalue weighted by molar-refractivity contribution is 0.0699. The molecule has 0 spiro atoms. The molecule has 1 aliphatic rings. The van der Waals surface area contributed by atoms with E-state index in [0.29, 0.717) is 46.1 Å². The smallest absolute Gasteiger partial charge is 0.339 e. The molecule has 0 saturated heterocycles. The lowest BCUT2D eigenvalue weighted by Crippen LogP contribution is -2.00. The van der Waals surface area contributed by atoms with Crippen LogP contribution in [-0.4, -0.2) is 39.4 Å². The normalized spacial score (nSPS) is 12.5. The molecule has 0 radical (unpaired) electrons. The van der Waals surface area contributed by atoms with Crippen molar-refractivity contribution < 1.29 is 24.1 Å². The molecule has 128 valence electrons. The molecule has 0 bridgehead atoms. The first kappa shape index (κ1) is 15.3. The number of carbonyl (C=O) groups is 1. The highest BCUT2D eigenvalue weighted by molar-refractivity contribution is 6.05. The number of carboxylic acid groups (broad SMARTS) is 1. The van der Waals surface area contributed by atoms with Gasteiger partial charge in [-0.15, -0.1) is 0 Å². The largest absolute Gasteiger partial charge is 0.493 e. The van der Waals surface area contributed by atoms with Gasteiger partial charge < -0.3 is 24.3 Å². The Morgan fingerprint density at radius 2 is 2.24 bits per heavy atom. The SMILES string of the molecule is CCCOc1ccc2c(c1-c1ncnc3c(C(=O)O)c[nH]c13)OCO2. The van der Waals surface area contributed by atoms with E-state index in [-0.39, 0.29) is 12.4 Å². The average molecular weight is 341 g/mol. The van der Waals surface area contributed by atoms with Crippen LogP contribution in [0.25, 0.3) is 22.3 Å². The molecular weight excluding hydrogens is 326 g/mol. The number of nitrogens with one attached hydrogen (secondary N) is 1. The molecule has 1 aromatic carbocycles. The van der Waals surface area contributed by atoms with Crippen LogP contribution in [0.15, 0.2) is 24.7 Å². The molecule has 25 heavy (non-hydrogen) atoms. The van der Waals surface area contributed by atoms with Crippen molar-refractivity contribution in [1.29, 1.82) is 0 Å². The molecule has 4 rings (SSSR count). The number of ether oxygens (including phenoxy) is 3. The highest BCUT2D eigenvalue weighted by atomic mass is 16.7. The number of carboxylic acids is 1. The van der Waals surface area contributed by atoms with Gasteiger partial charge in [0.05, 0.1) is 17.7 Å². The Hall–Kier alpha value is -3.29. The number of aromatic carboxylic acids is 1. The summed E-state index contributed by atoms with van der Waals surface area (Å²) >= 11 is 0. The van der Waals surface area contributed by atoms with Gasteiger partial charge in [0.1, 0.15) is 28.9 Å². The number of rotatable bonds is 5. The molecule has 8 nitrogen and oxygen atoms in total. The first-order valence-corrected chi connectivity index (χ1v) is 7.81. The molecule has 2 N–H and O–H groups in total. The second-order valence-corrected chi connectivity index (χ2v) is 5.47. The van der Waals surface area contributed by atoms with Crippen LogP contribution in [0.4, 0.5) is 0 Å². The van der Waals surface area contributed by atoms with Crippen LogP contribution in [0, 0.1) is 0 Å². The van der Waals surface area contributed by atoms with Crippen molar-refractivity contribution in [2.24, 2.45) is 0 Å². The van der Waals surface area contributed by atoms with Gasteiger partial charge in [0.25, 0.3) is 0 Å². The Morgan fingerprint density at radius 1 is 1.36 bits per heavy atom. The summed E-state index contributed by atoms with van der Waals surface area (Å²) < 4.78 is 16.9. The molecule has 0 saturated carbocycles. The molecule has 0 aliphatic carbocycles. The topological polar surface area (TPSA) is 107 Å². The first-order chi connectivity index (χ1) is 12.2. The van der Waals surface area contributed by atoms with Gasteiger partial charge in [-0.3, -0.25) is 0 Å². The standard InChI is InChI=1S/C17H15N3O5/c1-2-5-23-10-3-4-11-16(25-8-24-11)12(10)14-15-13(19-7-20-14)9(6-18-15)17(21)22/h3-4,6-7,18H,2,5,8H2,1H3,(H,21,22). The van der Waals surface area contributed by atoms with Crippen LogP contribution in [0.3, 0.4) is 0 Å². The zero-order valence-corrected chi connectivity index (χ0v) is 13.4. The van der Waals surface area contributed by atoms with E-state index in [1.807, 2.05) is 6.92 Å². The zero-order chi connectivity index (χ0) is 17.4. The second kappa shape index (κ2) is 5.97. The Balaban J connectivity index is 1.97. The summed E-state index contributed by atoms with van der Waals surface area (Å²) in [5.74, 6) is 0.657. The van der Waals surface area contributed by atoms with Crippen molar-refractivity contribution in [3.05, 3.63) is 30.2 Å². The Morgan fingerprint density at radius 3 is 3.04 bits per heavy atom. The minimum Gasteiger partial charge on any atom is -0.493 e. The summed E-state index contributed by atoms with van der Waals surface area (Å²) in [6, 6.07) is 3.58. The summed E-state index contributed by atoms with van der Waals surface area (Å²) in [5.41, 5.74) is 2.04. The highest BCUT2D eigenvalue weighted by Gasteiger charge is 2.27. The fourth-order valence-electron chi connectivity index (χ4n) is 2.80. The highest BCUT2D eigenvalue weighted by Crippen LogP contribution is 2.47. The maximum Gasteiger partial charge on any atom is 0.339 e. The lowest BCUT2D eigenvalue weighted by atomic mass is 10.1. The van der Waals surface area contributed by atoms with Crippen molar-refractivity contribution in [3.63, 3.8) is 0 Å². The van der Waals surface area contributed by atoms with E-state index >= 15 is 0 Å². The van der Waals surface area contributed by atoms with Crippen LogP contribution in [0.5, 0.6) is 17.2 Å². The molecule has 2 aromatic heterocycles. The van der Waals surface area contributed by atoms with Gasteiger partial charge in [-0.25, -0.2) is 14.8 Å². The van der Waals surface area contributed by atoms with E-state index in [0.717, 1.165) is 6.42 Å². The van der Waals surface area contributed by atoms with Crippen LogP contribution < -0.4 is 14.2 Å². The maximum atomic E-state index is 11.4. The molecule has 0 atom stereocenters. The number of hydrogen-bond donors (Lipinski definition) is 2. The van der Waals surface area contributed by atoms with Crippen molar-refractivity contribution in [3.8, 4) is 28.5 Å². The van der Waals surface area contributed by atoms with E-state index in [9.17, 15) is 9.90 Å². The number of nitrogens with zero attached hydrogens (tertiary/aromatic N) is 2. The molecule has 8 heteroatoms. The number of hydrogen-bond acceptors (Lipinski definition) is 6. The van der Waals surface area contributed by atoms with Gasteiger partial charge in [0.15, 0.2) is 11.5 Å². The Bertz CT molecular complexity index is 966. The third-order valence-electron chi connectivity index (χ3n) is 3.89. The van der Waals surface area contributed by atoms with Gasteiger partial charge >= 0.3 is 5.97 Å². The summed E-state index contributed by atoms with van der Waals surface area (Å²) in [4.78, 5) is 22.8. The summed E-state index contributed by atoms with van der Waals surface area (Å²) in [6.07, 6.45) is 3.58. The van der Waals surface area contributed by atoms with Crippen molar-refractivity contribution in [1.82, 2.24) is 15.0 Å². The summed E-state index contributed by atoms with van der Waals surface area (Å²) in [6.45, 7) is 2.66. The summed E-state index contributed by atoms with van der Waals surface area (Å²) in [5, 5.41) is 9.31. The lowest BCUT2D eigenvalue weighted by Gasteiger charge is -2.13. The quantitative estimate of drug-likeness (QED) is 0.735. The van der Waals surface area contributed by atoms with E-state index in [1.54, 1.807) is 12.1 Å². The van der Waals surface area contributed by atoms with Gasteiger partial charge in [-0.1, -0.05) is 6.92 Å². The third-order valence-corrected chi connectivity index (χ3v) is 3.89. The predicted octanol–water partition coefficient (Wildman–Crippen LogP) is 2.84. The number of aromatic nitrogens is 3. The van der Waals surface area contributed by atoms with Crippen molar-refractivity contribution >= 4 is 17.0 Å². The van der Waals surface area contributed by atoms with Gasteiger partial charge in [-0.05, 0) is 18.6 Å². The van der Waals surface area contributed by atoms with Crippen LogP contribution in [0.2, 0.25) is 0 Å². The Labute approximate surface area is 142 Å². The molecule has 0 fully saturated rings. The van der Waals surface area contributed by atoms with E-state index in [2.05, 4.69) is 15.0 Å². The van der Waals surface area contributed by atoms with Gasteiger partial charge in [0.2, 0.25) is 6.79 Å². The predicted molar refractivity (Wildman–Crippen MR) is 88.2 cm³/mol. The Kier molecular flexibility index (Phi) is 3.64. The number of fused-ring (bicyclic) bond motifs is 2. The van der Waals surface area contributed by atoms with E-state index < -0.39 is 5.97 Å². The second-order valence-electron chi connectivity index (χ2n) is 5.47. The molecule has 3 heterocycles. The maximum absolute atomic E-state index is 11.4. The van der Waals surface area contributed by atoms with Crippen LogP contribution in [0.1, 0.15) is 23.7 Å². The minimum absolute atomic E-state index is 0.0828. The third kappa shape index (κ3) is 2.42. The van der Waals surface area contributed by atoms with Crippen LogP contribution in [-0.2, 0) is 0 Å². The first-order valence-electron chi connectivity index (χ1n) is 7.81. The van der Waals surface area contributed by atoms with Crippen molar-refractivity contribution in [2.45, 2.75) is 13.3 Å². The summed E-state index contributed by atoms with van der Waals surface area (Å²) in [7, 11) is 0. The van der Waals surface area contributed by atoms with E-state index in [4.69, 9.17) is 14.2 Å². The van der Waals surface area contributed by atoms with Gasteiger partial charge in [0, 0.05) is 6.20 Å². The van der Waals surface area contributed by atoms with E-state index in [1.165, 1.54) is 12.5 Å². The van der Waals surface area contributed by atoms with Crippen molar-refractivity contribution in [2.75, 3.05) is 13.4 Å². The number of aromatic amines is 1. The monoisotopic (exact) mass is 341 g/mol. The molecule has 1 aliphatic heterocycles. The molecule has 0 unspecified atom stereocenters. The average Bonchev–Trinajstić information content (AvgIpc) is 3.25. The molecular formula is C17H15N3O5. The fraction of sp³-hybridized carbons (Fsp3) is 0.235. The fourth-order valence-corrected chi connectivity index (χ4v) is 2.80. The van der Waals surface area contributed by atoms with Crippen LogP contribution >= 0.6 is 0 Å². The van der Waals surface area contributed by atoms with Gasteiger partial charge in [-0.2, -0.15) is 0 Å². The number of benzene rings is 1. The minimum atomic E-state index is -1.06. The number of H-pyrrole nitrogens is 1.